The van der Waals surface area contributed by atoms with E-state index < -0.39 is 0 Å². The highest BCUT2D eigenvalue weighted by Gasteiger charge is 2.10. The third-order valence-electron chi connectivity index (χ3n) is 3.36. The van der Waals surface area contributed by atoms with Crippen LogP contribution in [-0.4, -0.2) is 24.2 Å². The molecule has 0 fully saturated rings. The van der Waals surface area contributed by atoms with Gasteiger partial charge in [-0.1, -0.05) is 0 Å². The van der Waals surface area contributed by atoms with Gasteiger partial charge in [-0.05, 0) is 37.3 Å². The standard InChI is InChI=1S/C17H17N3O2S/c1-11-16(12-4-7-14(21-2)8-5-12)20-17(23-11)19-13-6-9-15(22-3)18-10-13/h4-10H,1-3H3,(H,19,20). The van der Waals surface area contributed by atoms with Crippen molar-refractivity contribution < 1.29 is 9.47 Å². The Balaban J connectivity index is 1.81. The van der Waals surface area contributed by atoms with Crippen LogP contribution in [0, 0.1) is 6.92 Å². The first-order chi connectivity index (χ1) is 11.2. The van der Waals surface area contributed by atoms with Crippen molar-refractivity contribution in [3.05, 3.63) is 47.5 Å². The Bertz CT molecular complexity index is 783. The van der Waals surface area contributed by atoms with E-state index >= 15 is 0 Å². The maximum Gasteiger partial charge on any atom is 0.213 e. The molecule has 5 nitrogen and oxygen atoms in total. The van der Waals surface area contributed by atoms with E-state index in [-0.39, 0.29) is 0 Å². The average Bonchev–Trinajstić information content (AvgIpc) is 2.96. The van der Waals surface area contributed by atoms with Crippen molar-refractivity contribution in [3.63, 3.8) is 0 Å². The summed E-state index contributed by atoms with van der Waals surface area (Å²) in [6.07, 6.45) is 1.72. The van der Waals surface area contributed by atoms with Gasteiger partial charge in [0.1, 0.15) is 5.75 Å². The maximum absolute atomic E-state index is 5.19. The highest BCUT2D eigenvalue weighted by Crippen LogP contribution is 2.32. The predicted molar refractivity (Wildman–Crippen MR) is 92.9 cm³/mol. The van der Waals surface area contributed by atoms with Crippen LogP contribution in [0.25, 0.3) is 11.3 Å². The Morgan fingerprint density at radius 3 is 2.39 bits per heavy atom. The molecule has 0 unspecified atom stereocenters. The number of methoxy groups -OCH3 is 2. The molecule has 0 saturated carbocycles. The summed E-state index contributed by atoms with van der Waals surface area (Å²) in [5.41, 5.74) is 2.92. The zero-order valence-electron chi connectivity index (χ0n) is 13.2. The molecule has 2 aromatic heterocycles. The highest BCUT2D eigenvalue weighted by atomic mass is 32.1. The largest absolute Gasteiger partial charge is 0.497 e. The summed E-state index contributed by atoms with van der Waals surface area (Å²) in [6.45, 7) is 2.06. The van der Waals surface area contributed by atoms with Crippen LogP contribution in [0.2, 0.25) is 0 Å². The predicted octanol–water partition coefficient (Wildman–Crippen LogP) is 4.27. The molecule has 0 aliphatic heterocycles. The fourth-order valence-corrected chi connectivity index (χ4v) is 3.02. The number of rotatable bonds is 5. The molecule has 3 aromatic rings. The number of anilines is 2. The van der Waals surface area contributed by atoms with Gasteiger partial charge in [-0.25, -0.2) is 9.97 Å². The van der Waals surface area contributed by atoms with Gasteiger partial charge in [0.15, 0.2) is 5.13 Å². The van der Waals surface area contributed by atoms with Crippen LogP contribution in [0.4, 0.5) is 10.8 Å². The van der Waals surface area contributed by atoms with Crippen molar-refractivity contribution >= 4 is 22.2 Å². The Morgan fingerprint density at radius 1 is 1.00 bits per heavy atom. The van der Waals surface area contributed by atoms with Crippen LogP contribution in [0.15, 0.2) is 42.6 Å². The molecule has 0 aliphatic carbocycles. The van der Waals surface area contributed by atoms with Crippen LogP contribution in [0.5, 0.6) is 11.6 Å². The first-order valence-electron chi connectivity index (χ1n) is 7.08. The first-order valence-corrected chi connectivity index (χ1v) is 7.90. The molecular formula is C17H17N3O2S. The topological polar surface area (TPSA) is 56.3 Å². The van der Waals surface area contributed by atoms with E-state index in [0.717, 1.165) is 32.7 Å². The fraction of sp³-hybridized carbons (Fsp3) is 0.176. The molecule has 1 aromatic carbocycles. The number of hydrogen-bond acceptors (Lipinski definition) is 6. The smallest absolute Gasteiger partial charge is 0.213 e. The summed E-state index contributed by atoms with van der Waals surface area (Å²) in [4.78, 5) is 10.0. The van der Waals surface area contributed by atoms with E-state index in [0.29, 0.717) is 5.88 Å². The molecule has 1 N–H and O–H groups in total. The zero-order chi connectivity index (χ0) is 16.2. The molecule has 0 aliphatic rings. The monoisotopic (exact) mass is 327 g/mol. The van der Waals surface area contributed by atoms with Gasteiger partial charge in [0.05, 0.1) is 31.8 Å². The molecule has 23 heavy (non-hydrogen) atoms. The van der Waals surface area contributed by atoms with Crippen LogP contribution in [0.3, 0.4) is 0 Å². The number of pyridine rings is 1. The molecule has 0 spiro atoms. The van der Waals surface area contributed by atoms with E-state index in [1.54, 1.807) is 31.8 Å². The molecule has 0 radical (unpaired) electrons. The zero-order valence-corrected chi connectivity index (χ0v) is 14.0. The van der Waals surface area contributed by atoms with Crippen LogP contribution >= 0.6 is 11.3 Å². The van der Waals surface area contributed by atoms with Crippen LogP contribution < -0.4 is 14.8 Å². The SMILES string of the molecule is COc1ccc(-c2nc(Nc3ccc(OC)nc3)sc2C)cc1. The normalized spacial score (nSPS) is 10.4. The van der Waals surface area contributed by atoms with Crippen molar-refractivity contribution in [3.8, 4) is 22.9 Å². The van der Waals surface area contributed by atoms with Gasteiger partial charge in [0.25, 0.3) is 0 Å². The Labute approximate surface area is 138 Å². The van der Waals surface area contributed by atoms with Crippen molar-refractivity contribution in [2.75, 3.05) is 19.5 Å². The summed E-state index contributed by atoms with van der Waals surface area (Å²) in [5.74, 6) is 1.43. The third-order valence-corrected chi connectivity index (χ3v) is 4.24. The summed E-state index contributed by atoms with van der Waals surface area (Å²) < 4.78 is 10.2. The summed E-state index contributed by atoms with van der Waals surface area (Å²) in [6, 6.07) is 11.6. The number of hydrogen-bond donors (Lipinski definition) is 1. The van der Waals surface area contributed by atoms with Crippen molar-refractivity contribution in [2.24, 2.45) is 0 Å². The van der Waals surface area contributed by atoms with Crippen LogP contribution in [0.1, 0.15) is 4.88 Å². The van der Waals surface area contributed by atoms with Crippen molar-refractivity contribution in [2.45, 2.75) is 6.92 Å². The molecule has 118 valence electrons. The van der Waals surface area contributed by atoms with E-state index in [4.69, 9.17) is 9.47 Å². The van der Waals surface area contributed by atoms with Gasteiger partial charge < -0.3 is 14.8 Å². The third kappa shape index (κ3) is 3.43. The second kappa shape index (κ2) is 6.66. The molecule has 0 amide bonds. The summed E-state index contributed by atoms with van der Waals surface area (Å²) in [7, 11) is 3.26. The van der Waals surface area contributed by atoms with Crippen molar-refractivity contribution in [1.29, 1.82) is 0 Å². The first kappa shape index (κ1) is 15.3. The number of nitrogens with zero attached hydrogens (tertiary/aromatic N) is 2. The molecule has 0 atom stereocenters. The quantitative estimate of drug-likeness (QED) is 0.758. The minimum absolute atomic E-state index is 0.588. The van der Waals surface area contributed by atoms with Gasteiger partial charge in [-0.15, -0.1) is 11.3 Å². The van der Waals surface area contributed by atoms with Gasteiger partial charge >= 0.3 is 0 Å². The molecule has 3 rings (SSSR count). The Hall–Kier alpha value is -2.60. The van der Waals surface area contributed by atoms with E-state index in [1.807, 2.05) is 36.4 Å². The number of benzene rings is 1. The highest BCUT2D eigenvalue weighted by molar-refractivity contribution is 7.16. The Kier molecular flexibility index (Phi) is 4.43. The maximum atomic E-state index is 5.19. The van der Waals surface area contributed by atoms with E-state index in [9.17, 15) is 0 Å². The lowest BCUT2D eigenvalue weighted by Crippen LogP contribution is -1.92. The van der Waals surface area contributed by atoms with Crippen LogP contribution in [-0.2, 0) is 0 Å². The lowest BCUT2D eigenvalue weighted by molar-refractivity contribution is 0.398. The number of thiazole rings is 1. The molecule has 0 saturated heterocycles. The second-order valence-electron chi connectivity index (χ2n) is 4.87. The molecule has 2 heterocycles. The lowest BCUT2D eigenvalue weighted by atomic mass is 10.1. The Morgan fingerprint density at radius 2 is 1.78 bits per heavy atom. The lowest BCUT2D eigenvalue weighted by Gasteiger charge is -2.03. The molecular weight excluding hydrogens is 310 g/mol. The number of aryl methyl sites for hydroxylation is 1. The van der Waals surface area contributed by atoms with Gasteiger partial charge in [0.2, 0.25) is 5.88 Å². The fourth-order valence-electron chi connectivity index (χ4n) is 2.17. The average molecular weight is 327 g/mol. The van der Waals surface area contributed by atoms with E-state index in [1.165, 1.54) is 0 Å². The van der Waals surface area contributed by atoms with Gasteiger partial charge in [-0.3, -0.25) is 0 Å². The van der Waals surface area contributed by atoms with Gasteiger partial charge in [-0.2, -0.15) is 0 Å². The summed E-state index contributed by atoms with van der Waals surface area (Å²) in [5, 5.41) is 4.11. The van der Waals surface area contributed by atoms with Crippen molar-refractivity contribution in [1.82, 2.24) is 9.97 Å². The molecule has 0 bridgehead atoms. The second-order valence-corrected chi connectivity index (χ2v) is 6.07. The minimum Gasteiger partial charge on any atom is -0.497 e. The van der Waals surface area contributed by atoms with Gasteiger partial charge in [0, 0.05) is 16.5 Å². The number of ether oxygens (including phenoxy) is 2. The molecule has 6 heteroatoms. The summed E-state index contributed by atoms with van der Waals surface area (Å²) >= 11 is 1.61. The minimum atomic E-state index is 0.588. The number of nitrogens with one attached hydrogen (secondary N) is 1. The van der Waals surface area contributed by atoms with E-state index in [2.05, 4.69) is 22.2 Å². The number of aromatic nitrogens is 2.